The molecule has 4 rings (SSSR count). The zero-order valence-corrected chi connectivity index (χ0v) is 16.1. The lowest BCUT2D eigenvalue weighted by molar-refractivity contribution is -0.137. The highest BCUT2D eigenvalue weighted by Gasteiger charge is 2.30. The Labute approximate surface area is 175 Å². The Balaban J connectivity index is 1.96. The zero-order chi connectivity index (χ0) is 22.3. The fraction of sp³-hybridized carbons (Fsp3) is 0.0417. The lowest BCUT2D eigenvalue weighted by Gasteiger charge is -2.10. The van der Waals surface area contributed by atoms with Crippen LogP contribution in [-0.2, 0) is 11.0 Å². The normalized spacial score (nSPS) is 11.6. The number of carbonyl (C=O) groups excluding carboxylic acids is 1. The maximum atomic E-state index is 14.6. The molecule has 0 saturated heterocycles. The van der Waals surface area contributed by atoms with Gasteiger partial charge in [0, 0.05) is 34.0 Å². The van der Waals surface area contributed by atoms with Crippen molar-refractivity contribution in [1.82, 2.24) is 4.57 Å². The van der Waals surface area contributed by atoms with Crippen molar-refractivity contribution in [2.24, 2.45) is 5.73 Å². The largest absolute Gasteiger partial charge is 0.416 e. The number of nitrogens with zero attached hydrogens (tertiary/aromatic N) is 1. The molecule has 0 aliphatic heterocycles. The van der Waals surface area contributed by atoms with E-state index in [0.717, 1.165) is 12.1 Å². The summed E-state index contributed by atoms with van der Waals surface area (Å²) in [6.07, 6.45) is -2.79. The van der Waals surface area contributed by atoms with Crippen LogP contribution in [0.25, 0.3) is 33.3 Å². The Hall–Kier alpha value is -3.87. The summed E-state index contributed by atoms with van der Waals surface area (Å²) in [5.41, 5.74) is 7.09. The molecule has 3 nitrogen and oxygen atoms in total. The number of hydrogen-bond donors (Lipinski definition) is 1. The van der Waals surface area contributed by atoms with Gasteiger partial charge in [0.25, 0.3) is 0 Å². The van der Waals surface area contributed by atoms with Gasteiger partial charge in [-0.15, -0.1) is 0 Å². The van der Waals surface area contributed by atoms with E-state index in [9.17, 15) is 22.4 Å². The summed E-state index contributed by atoms with van der Waals surface area (Å²) in [6, 6.07) is 15.9. The molecule has 4 aromatic rings. The maximum Gasteiger partial charge on any atom is 0.416 e. The highest BCUT2D eigenvalue weighted by molar-refractivity contribution is 6.18. The number of carbonyl (C=O) groups is 1. The molecule has 3 aromatic carbocycles. The third kappa shape index (κ3) is 3.70. The predicted molar refractivity (Wildman–Crippen MR) is 112 cm³/mol. The van der Waals surface area contributed by atoms with Gasteiger partial charge >= 0.3 is 6.18 Å². The number of halogens is 4. The first kappa shape index (κ1) is 20.4. The minimum Gasteiger partial charge on any atom is -0.366 e. The van der Waals surface area contributed by atoms with Crippen molar-refractivity contribution < 1.29 is 22.4 Å². The van der Waals surface area contributed by atoms with Gasteiger partial charge in [0.05, 0.1) is 11.1 Å². The van der Waals surface area contributed by atoms with Crippen molar-refractivity contribution in [2.45, 2.75) is 6.18 Å². The molecule has 0 fully saturated rings. The number of hydrogen-bond acceptors (Lipinski definition) is 1. The fourth-order valence-corrected chi connectivity index (χ4v) is 3.48. The molecule has 7 heteroatoms. The second-order valence-electron chi connectivity index (χ2n) is 7.01. The number of amides is 1. The Morgan fingerprint density at radius 1 is 0.935 bits per heavy atom. The summed E-state index contributed by atoms with van der Waals surface area (Å²) in [4.78, 5) is 11.6. The van der Waals surface area contributed by atoms with Gasteiger partial charge in [-0.1, -0.05) is 30.8 Å². The minimum absolute atomic E-state index is 0.101. The molecule has 2 N–H and O–H groups in total. The van der Waals surface area contributed by atoms with Crippen LogP contribution in [0.15, 0.2) is 79.5 Å². The topological polar surface area (TPSA) is 48.0 Å². The third-order valence-electron chi connectivity index (χ3n) is 5.09. The van der Waals surface area contributed by atoms with E-state index in [1.807, 2.05) is 0 Å². The van der Waals surface area contributed by atoms with Crippen LogP contribution in [-0.4, -0.2) is 10.5 Å². The molecule has 156 valence electrons. The van der Waals surface area contributed by atoms with E-state index in [1.165, 1.54) is 18.2 Å². The predicted octanol–water partition coefficient (Wildman–Crippen LogP) is 5.95. The lowest BCUT2D eigenvalue weighted by atomic mass is 10.00. The van der Waals surface area contributed by atoms with Crippen molar-refractivity contribution in [3.05, 3.63) is 96.4 Å². The molecule has 0 radical (unpaired) electrons. The molecule has 0 saturated carbocycles. The molecule has 31 heavy (non-hydrogen) atoms. The Kier molecular flexibility index (Phi) is 4.89. The standard InChI is InChI=1S/C24H16F4N2O/c1-14(23(29)31)15-6-11-22-19(12-15)20(18-4-2-3-5-21(18)25)13-30(22)17-9-7-16(8-10-17)24(26,27)28/h2-13H,1H2,(H2,29,31). The van der Waals surface area contributed by atoms with Gasteiger partial charge in [0.15, 0.2) is 0 Å². The average Bonchev–Trinajstić information content (AvgIpc) is 3.11. The summed E-state index contributed by atoms with van der Waals surface area (Å²) in [6.45, 7) is 3.69. The van der Waals surface area contributed by atoms with E-state index in [0.29, 0.717) is 33.3 Å². The lowest BCUT2D eigenvalue weighted by Crippen LogP contribution is -2.11. The summed E-state index contributed by atoms with van der Waals surface area (Å²) in [7, 11) is 0. The fourth-order valence-electron chi connectivity index (χ4n) is 3.48. The number of nitrogens with two attached hydrogens (primary N) is 1. The molecule has 0 aliphatic rings. The monoisotopic (exact) mass is 424 g/mol. The Bertz CT molecular complexity index is 1320. The van der Waals surface area contributed by atoms with E-state index in [-0.39, 0.29) is 5.57 Å². The van der Waals surface area contributed by atoms with Crippen LogP contribution in [0.3, 0.4) is 0 Å². The molecule has 0 atom stereocenters. The second kappa shape index (κ2) is 7.43. The molecular formula is C24H16F4N2O. The summed E-state index contributed by atoms with van der Waals surface area (Å²) >= 11 is 0. The van der Waals surface area contributed by atoms with Crippen LogP contribution in [0.4, 0.5) is 17.6 Å². The van der Waals surface area contributed by atoms with Crippen LogP contribution in [0, 0.1) is 5.82 Å². The van der Waals surface area contributed by atoms with E-state index < -0.39 is 23.5 Å². The third-order valence-corrected chi connectivity index (χ3v) is 5.09. The first-order valence-electron chi connectivity index (χ1n) is 9.23. The van der Waals surface area contributed by atoms with Crippen molar-refractivity contribution in [3.63, 3.8) is 0 Å². The van der Waals surface area contributed by atoms with Gasteiger partial charge in [-0.3, -0.25) is 4.79 Å². The number of rotatable bonds is 4. The van der Waals surface area contributed by atoms with Gasteiger partial charge in [-0.25, -0.2) is 4.39 Å². The Morgan fingerprint density at radius 3 is 2.23 bits per heavy atom. The number of alkyl halides is 3. The molecule has 0 aliphatic carbocycles. The average molecular weight is 424 g/mol. The van der Waals surface area contributed by atoms with Gasteiger partial charge in [0.1, 0.15) is 5.82 Å². The van der Waals surface area contributed by atoms with Crippen LogP contribution in [0.2, 0.25) is 0 Å². The summed E-state index contributed by atoms with van der Waals surface area (Å²) < 4.78 is 55.0. The van der Waals surface area contributed by atoms with Crippen LogP contribution < -0.4 is 5.73 Å². The summed E-state index contributed by atoms with van der Waals surface area (Å²) in [5, 5.41) is 0.602. The SMILES string of the molecule is C=C(C(N)=O)c1ccc2c(c1)c(-c1ccccc1F)cn2-c1ccc(C(F)(F)F)cc1. The van der Waals surface area contributed by atoms with Gasteiger partial charge in [-0.05, 0) is 48.0 Å². The van der Waals surface area contributed by atoms with Gasteiger partial charge < -0.3 is 10.3 Å². The number of primary amides is 1. The van der Waals surface area contributed by atoms with Crippen molar-refractivity contribution in [1.29, 1.82) is 0 Å². The number of benzene rings is 3. The van der Waals surface area contributed by atoms with Crippen LogP contribution >= 0.6 is 0 Å². The highest BCUT2D eigenvalue weighted by Crippen LogP contribution is 2.36. The summed E-state index contributed by atoms with van der Waals surface area (Å²) in [5.74, 6) is -1.14. The minimum atomic E-state index is -4.44. The van der Waals surface area contributed by atoms with E-state index in [4.69, 9.17) is 5.73 Å². The smallest absolute Gasteiger partial charge is 0.366 e. The number of aromatic nitrogens is 1. The second-order valence-corrected chi connectivity index (χ2v) is 7.01. The first-order chi connectivity index (χ1) is 14.7. The molecule has 0 spiro atoms. The van der Waals surface area contributed by atoms with Crippen molar-refractivity contribution in [2.75, 3.05) is 0 Å². The maximum absolute atomic E-state index is 14.6. The van der Waals surface area contributed by atoms with Gasteiger partial charge in [-0.2, -0.15) is 13.2 Å². The molecule has 1 aromatic heterocycles. The van der Waals surface area contributed by atoms with E-state index in [1.54, 1.807) is 47.2 Å². The molecular weight excluding hydrogens is 408 g/mol. The van der Waals surface area contributed by atoms with E-state index >= 15 is 0 Å². The Morgan fingerprint density at radius 2 is 1.61 bits per heavy atom. The first-order valence-corrected chi connectivity index (χ1v) is 9.23. The van der Waals surface area contributed by atoms with Gasteiger partial charge in [0.2, 0.25) is 5.91 Å². The van der Waals surface area contributed by atoms with Crippen LogP contribution in [0.5, 0.6) is 0 Å². The highest BCUT2D eigenvalue weighted by atomic mass is 19.4. The van der Waals surface area contributed by atoms with E-state index in [2.05, 4.69) is 6.58 Å². The van der Waals surface area contributed by atoms with Crippen molar-refractivity contribution in [3.8, 4) is 16.8 Å². The quantitative estimate of drug-likeness (QED) is 0.319. The zero-order valence-electron chi connectivity index (χ0n) is 16.1. The van der Waals surface area contributed by atoms with Crippen LogP contribution in [0.1, 0.15) is 11.1 Å². The molecule has 1 amide bonds. The molecule has 1 heterocycles. The molecule has 0 unspecified atom stereocenters. The molecule has 0 bridgehead atoms. The van der Waals surface area contributed by atoms with Crippen molar-refractivity contribution >= 4 is 22.4 Å². The number of fused-ring (bicyclic) bond motifs is 1.